The minimum Gasteiger partial charge on any atom is -0.357 e. The van der Waals surface area contributed by atoms with Gasteiger partial charge < -0.3 is 10.6 Å². The maximum Gasteiger partial charge on any atom is 0.191 e. The zero-order valence-electron chi connectivity index (χ0n) is 9.99. The van der Waals surface area contributed by atoms with E-state index in [0.29, 0.717) is 12.5 Å². The number of guanidine groups is 1. The highest BCUT2D eigenvalue weighted by Crippen LogP contribution is 1.89. The number of sulfone groups is 1. The molecule has 0 bridgehead atoms. The van der Waals surface area contributed by atoms with Gasteiger partial charge in [0, 0.05) is 18.8 Å². The summed E-state index contributed by atoms with van der Waals surface area (Å²) < 4.78 is 22.5. The number of hydrogen-bond donors (Lipinski definition) is 2. The molecule has 0 saturated carbocycles. The predicted octanol–water partition coefficient (Wildman–Crippen LogP) is 0.162. The molecule has 0 fully saturated rings. The van der Waals surface area contributed by atoms with E-state index in [1.807, 2.05) is 6.92 Å². The third-order valence-corrected chi connectivity index (χ3v) is 3.55. The Balaban J connectivity index is 4.17. The van der Waals surface area contributed by atoms with E-state index in [9.17, 15) is 8.42 Å². The first-order valence-electron chi connectivity index (χ1n) is 5.39. The van der Waals surface area contributed by atoms with Gasteiger partial charge in [0.1, 0.15) is 0 Å². The fourth-order valence-electron chi connectivity index (χ4n) is 0.951. The second-order valence-electron chi connectivity index (χ2n) is 3.17. The lowest BCUT2D eigenvalue weighted by atomic mass is 10.6. The van der Waals surface area contributed by atoms with Gasteiger partial charge in [-0.3, -0.25) is 4.99 Å². The summed E-state index contributed by atoms with van der Waals surface area (Å²) in [6.45, 7) is 8.80. The topological polar surface area (TPSA) is 70.6 Å². The molecule has 6 heteroatoms. The van der Waals surface area contributed by atoms with Gasteiger partial charge in [0.25, 0.3) is 0 Å². The van der Waals surface area contributed by atoms with Gasteiger partial charge in [0.05, 0.1) is 12.3 Å². The van der Waals surface area contributed by atoms with Crippen LogP contribution in [-0.4, -0.2) is 45.5 Å². The highest BCUT2D eigenvalue weighted by Gasteiger charge is 2.06. The van der Waals surface area contributed by atoms with Crippen LogP contribution in [0.3, 0.4) is 0 Å². The van der Waals surface area contributed by atoms with Crippen molar-refractivity contribution in [2.75, 3.05) is 31.1 Å². The zero-order chi connectivity index (χ0) is 12.4. The highest BCUT2D eigenvalue weighted by molar-refractivity contribution is 7.91. The van der Waals surface area contributed by atoms with Crippen LogP contribution in [-0.2, 0) is 9.84 Å². The number of rotatable bonds is 7. The smallest absolute Gasteiger partial charge is 0.191 e. The molecule has 0 aromatic rings. The predicted molar refractivity (Wildman–Crippen MR) is 68.5 cm³/mol. The molecule has 16 heavy (non-hydrogen) atoms. The first-order chi connectivity index (χ1) is 7.55. The van der Waals surface area contributed by atoms with Gasteiger partial charge in [-0.2, -0.15) is 0 Å². The van der Waals surface area contributed by atoms with E-state index in [4.69, 9.17) is 0 Å². The van der Waals surface area contributed by atoms with Crippen LogP contribution < -0.4 is 10.6 Å². The Bertz CT molecular complexity index is 323. The van der Waals surface area contributed by atoms with Crippen molar-refractivity contribution in [2.24, 2.45) is 4.99 Å². The third kappa shape index (κ3) is 7.28. The second kappa shape index (κ2) is 8.15. The van der Waals surface area contributed by atoms with Gasteiger partial charge in [0.15, 0.2) is 15.8 Å². The number of nitrogens with zero attached hydrogens (tertiary/aromatic N) is 1. The molecule has 0 aromatic heterocycles. The SMILES string of the molecule is C=CCNC(=NCCS(=O)(=O)CC)NCC. The molecule has 0 heterocycles. The molecule has 2 N–H and O–H groups in total. The lowest BCUT2D eigenvalue weighted by molar-refractivity contribution is 0.597. The Morgan fingerprint density at radius 2 is 2.06 bits per heavy atom. The first kappa shape index (κ1) is 15.0. The minimum absolute atomic E-state index is 0.0914. The van der Waals surface area contributed by atoms with Crippen molar-refractivity contribution in [3.8, 4) is 0 Å². The molecule has 94 valence electrons. The molecular formula is C10H21N3O2S. The molecule has 0 saturated heterocycles. The molecule has 0 spiro atoms. The van der Waals surface area contributed by atoms with Crippen LogP contribution in [0, 0.1) is 0 Å². The van der Waals surface area contributed by atoms with Crippen molar-refractivity contribution in [3.63, 3.8) is 0 Å². The summed E-state index contributed by atoms with van der Waals surface area (Å²) in [6.07, 6.45) is 1.72. The van der Waals surface area contributed by atoms with E-state index in [-0.39, 0.29) is 18.1 Å². The fourth-order valence-corrected chi connectivity index (χ4v) is 1.61. The van der Waals surface area contributed by atoms with Crippen LogP contribution in [0.2, 0.25) is 0 Å². The average molecular weight is 247 g/mol. The van der Waals surface area contributed by atoms with E-state index in [0.717, 1.165) is 6.54 Å². The molecule has 0 aliphatic heterocycles. The lowest BCUT2D eigenvalue weighted by Gasteiger charge is -2.09. The summed E-state index contributed by atoms with van der Waals surface area (Å²) in [5.74, 6) is 0.876. The molecule has 0 rings (SSSR count). The second-order valence-corrected chi connectivity index (χ2v) is 5.64. The monoisotopic (exact) mass is 247 g/mol. The van der Waals surface area contributed by atoms with E-state index in [1.165, 1.54) is 0 Å². The van der Waals surface area contributed by atoms with Gasteiger partial charge in [-0.1, -0.05) is 13.0 Å². The normalized spacial score (nSPS) is 12.2. The van der Waals surface area contributed by atoms with Crippen LogP contribution >= 0.6 is 0 Å². The van der Waals surface area contributed by atoms with Crippen LogP contribution in [0.1, 0.15) is 13.8 Å². The molecular weight excluding hydrogens is 226 g/mol. The zero-order valence-corrected chi connectivity index (χ0v) is 10.8. The van der Waals surface area contributed by atoms with Gasteiger partial charge in [0.2, 0.25) is 0 Å². The Morgan fingerprint density at radius 3 is 2.56 bits per heavy atom. The molecule has 0 aromatic carbocycles. The van der Waals surface area contributed by atoms with E-state index in [2.05, 4.69) is 22.2 Å². The van der Waals surface area contributed by atoms with Crippen LogP contribution in [0.25, 0.3) is 0 Å². The first-order valence-corrected chi connectivity index (χ1v) is 7.21. The maximum atomic E-state index is 11.2. The Kier molecular flexibility index (Phi) is 7.62. The highest BCUT2D eigenvalue weighted by atomic mass is 32.2. The number of aliphatic imine (C=N–C) groups is 1. The van der Waals surface area contributed by atoms with Gasteiger partial charge in [-0.05, 0) is 6.92 Å². The maximum absolute atomic E-state index is 11.2. The summed E-state index contributed by atoms with van der Waals surface area (Å²) >= 11 is 0. The Morgan fingerprint density at radius 1 is 1.38 bits per heavy atom. The van der Waals surface area contributed by atoms with Crippen LogP contribution in [0.4, 0.5) is 0 Å². The molecule has 0 unspecified atom stereocenters. The lowest BCUT2D eigenvalue weighted by Crippen LogP contribution is -2.37. The summed E-state index contributed by atoms with van der Waals surface area (Å²) in [6, 6.07) is 0. The molecule has 0 amide bonds. The number of nitrogens with one attached hydrogen (secondary N) is 2. The minimum atomic E-state index is -2.93. The Labute approximate surface area is 98.0 Å². The van der Waals surface area contributed by atoms with E-state index in [1.54, 1.807) is 13.0 Å². The molecule has 0 aliphatic carbocycles. The summed E-state index contributed by atoms with van der Waals surface area (Å²) in [4.78, 5) is 4.15. The van der Waals surface area contributed by atoms with Crippen molar-refractivity contribution < 1.29 is 8.42 Å². The molecule has 0 atom stereocenters. The van der Waals surface area contributed by atoms with Crippen LogP contribution in [0.5, 0.6) is 0 Å². The molecule has 0 radical (unpaired) electrons. The van der Waals surface area contributed by atoms with Crippen LogP contribution in [0.15, 0.2) is 17.6 Å². The third-order valence-electron chi connectivity index (χ3n) is 1.87. The molecule has 0 aliphatic rings. The van der Waals surface area contributed by atoms with Crippen molar-refractivity contribution in [1.29, 1.82) is 0 Å². The summed E-state index contributed by atoms with van der Waals surface area (Å²) in [5.41, 5.74) is 0. The van der Waals surface area contributed by atoms with Crippen molar-refractivity contribution >= 4 is 15.8 Å². The standard InChI is InChI=1S/C10H21N3O2S/c1-4-7-12-10(11-5-2)13-8-9-16(14,15)6-3/h4H,1,5-9H2,2-3H3,(H2,11,12,13). The van der Waals surface area contributed by atoms with Crippen molar-refractivity contribution in [1.82, 2.24) is 10.6 Å². The Hall–Kier alpha value is -1.04. The van der Waals surface area contributed by atoms with E-state index >= 15 is 0 Å². The summed E-state index contributed by atoms with van der Waals surface area (Å²) in [7, 11) is -2.93. The fraction of sp³-hybridized carbons (Fsp3) is 0.700. The van der Waals surface area contributed by atoms with E-state index < -0.39 is 9.84 Å². The van der Waals surface area contributed by atoms with Crippen molar-refractivity contribution in [3.05, 3.63) is 12.7 Å². The van der Waals surface area contributed by atoms with Gasteiger partial charge in [-0.25, -0.2) is 8.42 Å². The number of hydrogen-bond acceptors (Lipinski definition) is 3. The largest absolute Gasteiger partial charge is 0.357 e. The van der Waals surface area contributed by atoms with Gasteiger partial charge >= 0.3 is 0 Å². The average Bonchev–Trinajstić information content (AvgIpc) is 2.25. The summed E-state index contributed by atoms with van der Waals surface area (Å²) in [5, 5.41) is 6.02. The van der Waals surface area contributed by atoms with Gasteiger partial charge in [-0.15, -0.1) is 6.58 Å². The van der Waals surface area contributed by atoms with Crippen molar-refractivity contribution in [2.45, 2.75) is 13.8 Å². The quantitative estimate of drug-likeness (QED) is 0.382. The molecule has 5 nitrogen and oxygen atoms in total.